The molecule has 2 heterocycles. The zero-order chi connectivity index (χ0) is 19.4. The van der Waals surface area contributed by atoms with Crippen LogP contribution in [0.4, 0.5) is 13.9 Å². The lowest BCUT2D eigenvalue weighted by molar-refractivity contribution is 0.0936. The molecule has 0 saturated carbocycles. The molecule has 0 radical (unpaired) electrons. The van der Waals surface area contributed by atoms with Crippen molar-refractivity contribution in [2.75, 3.05) is 25.0 Å². The van der Waals surface area contributed by atoms with Gasteiger partial charge < -0.3 is 5.32 Å². The van der Waals surface area contributed by atoms with Crippen LogP contribution in [-0.2, 0) is 0 Å². The summed E-state index contributed by atoms with van der Waals surface area (Å²) in [6.45, 7) is 4.65. The van der Waals surface area contributed by atoms with E-state index in [1.165, 1.54) is 5.38 Å². The van der Waals surface area contributed by atoms with Crippen LogP contribution in [0.3, 0.4) is 0 Å². The molecule has 1 aromatic heterocycles. The second kappa shape index (κ2) is 8.53. The van der Waals surface area contributed by atoms with Gasteiger partial charge in [0.2, 0.25) is 0 Å². The Bertz CT molecular complexity index is 822. The molecular formula is C18H20F2N4O2S. The summed E-state index contributed by atoms with van der Waals surface area (Å²) < 4.78 is 26.4. The van der Waals surface area contributed by atoms with Gasteiger partial charge in [0.1, 0.15) is 17.3 Å². The first-order valence-electron chi connectivity index (χ1n) is 8.71. The molecule has 1 fully saturated rings. The molecule has 0 bridgehead atoms. The highest BCUT2D eigenvalue weighted by Gasteiger charge is 2.23. The van der Waals surface area contributed by atoms with Gasteiger partial charge in [-0.05, 0) is 38.1 Å². The van der Waals surface area contributed by atoms with Crippen molar-refractivity contribution in [2.24, 2.45) is 0 Å². The molecule has 0 spiro atoms. The van der Waals surface area contributed by atoms with E-state index < -0.39 is 17.5 Å². The van der Waals surface area contributed by atoms with Gasteiger partial charge in [-0.1, -0.05) is 6.92 Å². The number of benzene rings is 1. The van der Waals surface area contributed by atoms with Crippen molar-refractivity contribution in [2.45, 2.75) is 25.8 Å². The fourth-order valence-electron chi connectivity index (χ4n) is 3.13. The zero-order valence-corrected chi connectivity index (χ0v) is 15.6. The summed E-state index contributed by atoms with van der Waals surface area (Å²) >= 11 is 1.07. The van der Waals surface area contributed by atoms with Crippen molar-refractivity contribution < 1.29 is 18.4 Å². The molecule has 1 atom stereocenters. The number of anilines is 1. The molecule has 1 unspecified atom stereocenters. The molecule has 1 aliphatic heterocycles. The number of aromatic nitrogens is 1. The summed E-state index contributed by atoms with van der Waals surface area (Å²) in [6.07, 6.45) is 2.18. The fourth-order valence-corrected chi connectivity index (χ4v) is 3.82. The van der Waals surface area contributed by atoms with E-state index in [2.05, 4.69) is 27.4 Å². The van der Waals surface area contributed by atoms with Crippen molar-refractivity contribution >= 4 is 28.3 Å². The van der Waals surface area contributed by atoms with Gasteiger partial charge in [0.25, 0.3) is 11.8 Å². The maximum atomic E-state index is 13.2. The number of amides is 2. The number of likely N-dealkylation sites (tertiary alicyclic amines) is 1. The van der Waals surface area contributed by atoms with Crippen LogP contribution >= 0.6 is 11.3 Å². The molecule has 144 valence electrons. The SMILES string of the molecule is CCN1CCCC1CNC(=O)c1csc(NC(=O)c2cc(F)cc(F)c2)n1. The van der Waals surface area contributed by atoms with Crippen molar-refractivity contribution in [3.8, 4) is 0 Å². The lowest BCUT2D eigenvalue weighted by Crippen LogP contribution is -2.40. The quantitative estimate of drug-likeness (QED) is 0.790. The minimum atomic E-state index is -0.840. The molecule has 9 heteroatoms. The predicted octanol–water partition coefficient (Wildman–Crippen LogP) is 2.89. The monoisotopic (exact) mass is 394 g/mol. The number of thiazole rings is 1. The molecule has 3 rings (SSSR count). The minimum Gasteiger partial charge on any atom is -0.349 e. The van der Waals surface area contributed by atoms with Gasteiger partial charge in [-0.25, -0.2) is 13.8 Å². The number of rotatable bonds is 6. The third-order valence-electron chi connectivity index (χ3n) is 4.49. The molecule has 27 heavy (non-hydrogen) atoms. The topological polar surface area (TPSA) is 74.3 Å². The highest BCUT2D eigenvalue weighted by atomic mass is 32.1. The highest BCUT2D eigenvalue weighted by molar-refractivity contribution is 7.14. The third kappa shape index (κ3) is 4.86. The molecule has 2 N–H and O–H groups in total. The minimum absolute atomic E-state index is 0.158. The van der Waals surface area contributed by atoms with E-state index in [0.717, 1.165) is 49.4 Å². The molecule has 2 aromatic rings. The van der Waals surface area contributed by atoms with Crippen LogP contribution in [0.15, 0.2) is 23.6 Å². The van der Waals surface area contributed by atoms with E-state index in [9.17, 15) is 18.4 Å². The van der Waals surface area contributed by atoms with Crippen molar-refractivity contribution in [1.82, 2.24) is 15.2 Å². The average molecular weight is 394 g/mol. The van der Waals surface area contributed by atoms with Gasteiger partial charge in [-0.3, -0.25) is 19.8 Å². The Kier molecular flexibility index (Phi) is 6.12. The van der Waals surface area contributed by atoms with Crippen LogP contribution in [0.25, 0.3) is 0 Å². The Balaban J connectivity index is 1.57. The van der Waals surface area contributed by atoms with Crippen molar-refractivity contribution in [3.63, 3.8) is 0 Å². The smallest absolute Gasteiger partial charge is 0.270 e. The molecular weight excluding hydrogens is 374 g/mol. The number of hydrogen-bond acceptors (Lipinski definition) is 5. The number of nitrogens with zero attached hydrogens (tertiary/aromatic N) is 2. The van der Waals surface area contributed by atoms with Gasteiger partial charge in [0.05, 0.1) is 0 Å². The maximum Gasteiger partial charge on any atom is 0.270 e. The predicted molar refractivity (Wildman–Crippen MR) is 99.0 cm³/mol. The summed E-state index contributed by atoms with van der Waals surface area (Å²) in [5, 5.41) is 7.04. The summed E-state index contributed by atoms with van der Waals surface area (Å²) in [7, 11) is 0. The Labute approximate surface area is 159 Å². The Morgan fingerprint density at radius 2 is 2.00 bits per heavy atom. The summed E-state index contributed by atoms with van der Waals surface area (Å²) in [6, 6.07) is 2.88. The lowest BCUT2D eigenvalue weighted by Gasteiger charge is -2.22. The van der Waals surface area contributed by atoms with Gasteiger partial charge in [-0.15, -0.1) is 11.3 Å². The van der Waals surface area contributed by atoms with E-state index >= 15 is 0 Å². The van der Waals surface area contributed by atoms with Gasteiger partial charge in [0, 0.05) is 29.6 Å². The second-order valence-corrected chi connectivity index (χ2v) is 7.14. The van der Waals surface area contributed by atoms with E-state index in [4.69, 9.17) is 0 Å². The van der Waals surface area contributed by atoms with E-state index in [1.807, 2.05) is 0 Å². The molecule has 0 aliphatic carbocycles. The van der Waals surface area contributed by atoms with E-state index in [0.29, 0.717) is 18.7 Å². The fraction of sp³-hybridized carbons (Fsp3) is 0.389. The van der Waals surface area contributed by atoms with E-state index in [-0.39, 0.29) is 22.3 Å². The third-order valence-corrected chi connectivity index (χ3v) is 5.24. The highest BCUT2D eigenvalue weighted by Crippen LogP contribution is 2.18. The van der Waals surface area contributed by atoms with Crippen LogP contribution < -0.4 is 10.6 Å². The Morgan fingerprint density at radius 1 is 1.26 bits per heavy atom. The number of nitrogens with one attached hydrogen (secondary N) is 2. The van der Waals surface area contributed by atoms with Crippen molar-refractivity contribution in [3.05, 3.63) is 46.5 Å². The second-order valence-electron chi connectivity index (χ2n) is 6.28. The van der Waals surface area contributed by atoms with Crippen molar-refractivity contribution in [1.29, 1.82) is 0 Å². The molecule has 2 amide bonds. The van der Waals surface area contributed by atoms with Gasteiger partial charge in [-0.2, -0.15) is 0 Å². The zero-order valence-electron chi connectivity index (χ0n) is 14.8. The normalized spacial score (nSPS) is 17.1. The number of carbonyl (C=O) groups excluding carboxylic acids is 2. The average Bonchev–Trinajstić information content (AvgIpc) is 3.27. The molecule has 1 saturated heterocycles. The van der Waals surface area contributed by atoms with Crippen LogP contribution in [0.5, 0.6) is 0 Å². The summed E-state index contributed by atoms with van der Waals surface area (Å²) in [5.41, 5.74) is 0.0383. The first-order valence-corrected chi connectivity index (χ1v) is 9.59. The Morgan fingerprint density at radius 3 is 2.70 bits per heavy atom. The largest absolute Gasteiger partial charge is 0.349 e. The van der Waals surface area contributed by atoms with E-state index in [1.54, 1.807) is 0 Å². The van der Waals surface area contributed by atoms with Crippen LogP contribution in [0, 0.1) is 11.6 Å². The van der Waals surface area contributed by atoms with Crippen LogP contribution in [0.1, 0.15) is 40.6 Å². The standard InChI is InChI=1S/C18H20F2N4O2S/c1-2-24-5-3-4-14(24)9-21-17(26)15-10-27-18(22-15)23-16(25)11-6-12(19)8-13(20)7-11/h6-8,10,14H,2-5,9H2,1H3,(H,21,26)(H,22,23,25). The Hall–Kier alpha value is -2.39. The summed E-state index contributed by atoms with van der Waals surface area (Å²) in [4.78, 5) is 30.7. The number of halogens is 2. The first-order chi connectivity index (χ1) is 13.0. The number of carbonyl (C=O) groups is 2. The lowest BCUT2D eigenvalue weighted by atomic mass is 10.2. The van der Waals surface area contributed by atoms with Gasteiger partial charge in [0.15, 0.2) is 5.13 Å². The maximum absolute atomic E-state index is 13.2. The van der Waals surface area contributed by atoms with Crippen LogP contribution in [0.2, 0.25) is 0 Å². The number of likely N-dealkylation sites (N-methyl/N-ethyl adjacent to an activating group) is 1. The number of hydrogen-bond donors (Lipinski definition) is 2. The molecule has 6 nitrogen and oxygen atoms in total. The van der Waals surface area contributed by atoms with Gasteiger partial charge >= 0.3 is 0 Å². The molecule has 1 aromatic carbocycles. The van der Waals surface area contributed by atoms with Crippen LogP contribution in [-0.4, -0.2) is 47.4 Å². The first kappa shape index (κ1) is 19.4. The molecule has 1 aliphatic rings. The summed E-state index contributed by atoms with van der Waals surface area (Å²) in [5.74, 6) is -2.69.